The van der Waals surface area contributed by atoms with Crippen LogP contribution in [0.15, 0.2) is 48.5 Å². The van der Waals surface area contributed by atoms with Crippen molar-refractivity contribution in [2.24, 2.45) is 5.92 Å². The van der Waals surface area contributed by atoms with Crippen LogP contribution in [-0.4, -0.2) is 36.5 Å². The molecule has 3 rings (SSSR count). The predicted molar refractivity (Wildman–Crippen MR) is 119 cm³/mol. The normalized spacial score (nSPS) is 10.9. The van der Waals surface area contributed by atoms with E-state index in [2.05, 4.69) is 19.2 Å². The Bertz CT molecular complexity index is 1030. The van der Waals surface area contributed by atoms with Gasteiger partial charge in [0.25, 0.3) is 5.91 Å². The maximum absolute atomic E-state index is 12.9. The highest BCUT2D eigenvalue weighted by atomic mass is 35.5. The number of nitrogens with zero attached hydrogens (tertiary/aromatic N) is 2. The van der Waals surface area contributed by atoms with E-state index in [1.54, 1.807) is 43.2 Å². The molecular formula is C23H26ClN3O3. The van der Waals surface area contributed by atoms with Gasteiger partial charge in [0.05, 0.1) is 25.6 Å². The molecular weight excluding hydrogens is 402 g/mol. The Morgan fingerprint density at radius 1 is 1.13 bits per heavy atom. The standard InChI is InChI=1S/C23H26ClN3O3/c1-15(2)10-11-25-23(28)21-14-20(19-9-8-18(29-3)13-22(19)30-4)26-27(21)17-7-5-6-16(24)12-17/h5-9,12-15H,10-11H2,1-4H3,(H,25,28). The van der Waals surface area contributed by atoms with Crippen LogP contribution in [0.4, 0.5) is 0 Å². The van der Waals surface area contributed by atoms with Crippen molar-refractivity contribution < 1.29 is 14.3 Å². The fraction of sp³-hybridized carbons (Fsp3) is 0.304. The maximum atomic E-state index is 12.9. The molecule has 0 aliphatic heterocycles. The number of amides is 1. The van der Waals surface area contributed by atoms with Crippen molar-refractivity contribution in [1.29, 1.82) is 0 Å². The van der Waals surface area contributed by atoms with Crippen molar-refractivity contribution in [3.05, 3.63) is 59.2 Å². The topological polar surface area (TPSA) is 65.4 Å². The molecule has 1 heterocycles. The van der Waals surface area contributed by atoms with E-state index < -0.39 is 0 Å². The van der Waals surface area contributed by atoms with E-state index in [1.807, 2.05) is 24.3 Å². The van der Waals surface area contributed by atoms with Gasteiger partial charge in [0, 0.05) is 23.2 Å². The lowest BCUT2D eigenvalue weighted by atomic mass is 10.1. The molecule has 0 saturated carbocycles. The van der Waals surface area contributed by atoms with Gasteiger partial charge in [-0.2, -0.15) is 5.10 Å². The Balaban J connectivity index is 2.05. The SMILES string of the molecule is COc1ccc(-c2cc(C(=O)NCCC(C)C)n(-c3cccc(Cl)c3)n2)c(OC)c1. The van der Waals surface area contributed by atoms with E-state index in [-0.39, 0.29) is 5.91 Å². The lowest BCUT2D eigenvalue weighted by Gasteiger charge is -2.10. The molecule has 158 valence electrons. The minimum Gasteiger partial charge on any atom is -0.497 e. The van der Waals surface area contributed by atoms with Gasteiger partial charge in [-0.15, -0.1) is 0 Å². The second-order valence-electron chi connectivity index (χ2n) is 7.31. The fourth-order valence-corrected chi connectivity index (χ4v) is 3.24. The van der Waals surface area contributed by atoms with E-state index in [0.717, 1.165) is 12.0 Å². The molecule has 0 saturated heterocycles. The number of rotatable bonds is 8. The number of hydrogen-bond acceptors (Lipinski definition) is 4. The zero-order valence-electron chi connectivity index (χ0n) is 17.6. The smallest absolute Gasteiger partial charge is 0.270 e. The molecule has 1 amide bonds. The van der Waals surface area contributed by atoms with Crippen LogP contribution in [0.3, 0.4) is 0 Å². The highest BCUT2D eigenvalue weighted by molar-refractivity contribution is 6.30. The van der Waals surface area contributed by atoms with Crippen LogP contribution >= 0.6 is 11.6 Å². The lowest BCUT2D eigenvalue weighted by molar-refractivity contribution is 0.0944. The van der Waals surface area contributed by atoms with Crippen LogP contribution in [0.2, 0.25) is 5.02 Å². The molecule has 3 aromatic rings. The molecule has 6 nitrogen and oxygen atoms in total. The zero-order valence-corrected chi connectivity index (χ0v) is 18.4. The van der Waals surface area contributed by atoms with Crippen LogP contribution in [-0.2, 0) is 0 Å². The van der Waals surface area contributed by atoms with E-state index >= 15 is 0 Å². The molecule has 0 atom stereocenters. The van der Waals surface area contributed by atoms with Crippen molar-refractivity contribution in [2.45, 2.75) is 20.3 Å². The number of carbonyl (C=O) groups is 1. The Morgan fingerprint density at radius 3 is 2.60 bits per heavy atom. The summed E-state index contributed by atoms with van der Waals surface area (Å²) in [5, 5.41) is 8.25. The quantitative estimate of drug-likeness (QED) is 0.550. The Labute approximate surface area is 181 Å². The van der Waals surface area contributed by atoms with Crippen LogP contribution in [0.5, 0.6) is 11.5 Å². The van der Waals surface area contributed by atoms with Gasteiger partial charge in [-0.05, 0) is 48.7 Å². The summed E-state index contributed by atoms with van der Waals surface area (Å²) >= 11 is 6.17. The van der Waals surface area contributed by atoms with Gasteiger partial charge in [-0.25, -0.2) is 4.68 Å². The first-order valence-electron chi connectivity index (χ1n) is 9.79. The Kier molecular flexibility index (Phi) is 7.00. The highest BCUT2D eigenvalue weighted by Crippen LogP contribution is 2.33. The zero-order chi connectivity index (χ0) is 21.7. The molecule has 0 fully saturated rings. The molecule has 0 aliphatic carbocycles. The van der Waals surface area contributed by atoms with Crippen LogP contribution in [0.1, 0.15) is 30.8 Å². The first kappa shape index (κ1) is 21.7. The largest absolute Gasteiger partial charge is 0.497 e. The molecule has 1 N–H and O–H groups in total. The summed E-state index contributed by atoms with van der Waals surface area (Å²) in [6, 6.07) is 14.5. The molecule has 0 aliphatic rings. The van der Waals surface area contributed by atoms with Gasteiger partial charge in [-0.3, -0.25) is 4.79 Å². The number of halogens is 1. The maximum Gasteiger partial charge on any atom is 0.270 e. The average molecular weight is 428 g/mol. The molecule has 0 unspecified atom stereocenters. The summed E-state index contributed by atoms with van der Waals surface area (Å²) in [6.45, 7) is 4.84. The number of hydrogen-bond donors (Lipinski definition) is 1. The van der Waals surface area contributed by atoms with Gasteiger partial charge in [0.1, 0.15) is 17.2 Å². The Morgan fingerprint density at radius 2 is 1.93 bits per heavy atom. The number of nitrogens with one attached hydrogen (secondary N) is 1. The van der Waals surface area contributed by atoms with Crippen molar-refractivity contribution >= 4 is 17.5 Å². The van der Waals surface area contributed by atoms with Crippen molar-refractivity contribution in [3.8, 4) is 28.4 Å². The molecule has 0 bridgehead atoms. The minimum absolute atomic E-state index is 0.193. The summed E-state index contributed by atoms with van der Waals surface area (Å²) in [5.74, 6) is 1.59. The minimum atomic E-state index is -0.193. The average Bonchev–Trinajstić information content (AvgIpc) is 3.18. The summed E-state index contributed by atoms with van der Waals surface area (Å²) in [7, 11) is 3.19. The van der Waals surface area contributed by atoms with E-state index in [4.69, 9.17) is 26.2 Å². The van der Waals surface area contributed by atoms with Gasteiger partial charge >= 0.3 is 0 Å². The van der Waals surface area contributed by atoms with E-state index in [1.165, 1.54) is 0 Å². The third kappa shape index (κ3) is 4.94. The van der Waals surface area contributed by atoms with Crippen molar-refractivity contribution in [3.63, 3.8) is 0 Å². The summed E-state index contributed by atoms with van der Waals surface area (Å²) < 4.78 is 12.4. The van der Waals surface area contributed by atoms with Crippen molar-refractivity contribution in [1.82, 2.24) is 15.1 Å². The lowest BCUT2D eigenvalue weighted by Crippen LogP contribution is -2.27. The molecule has 0 spiro atoms. The number of methoxy groups -OCH3 is 2. The first-order valence-corrected chi connectivity index (χ1v) is 10.2. The molecule has 0 radical (unpaired) electrons. The summed E-state index contributed by atoms with van der Waals surface area (Å²) in [6.07, 6.45) is 0.899. The third-order valence-corrected chi connectivity index (χ3v) is 4.92. The third-order valence-electron chi connectivity index (χ3n) is 4.69. The number of carbonyl (C=O) groups excluding carboxylic acids is 1. The van der Waals surface area contributed by atoms with Gasteiger partial charge in [-0.1, -0.05) is 31.5 Å². The van der Waals surface area contributed by atoms with Crippen LogP contribution < -0.4 is 14.8 Å². The van der Waals surface area contributed by atoms with Gasteiger partial charge in [0.2, 0.25) is 0 Å². The second-order valence-corrected chi connectivity index (χ2v) is 7.75. The van der Waals surface area contributed by atoms with Crippen LogP contribution in [0, 0.1) is 5.92 Å². The molecule has 30 heavy (non-hydrogen) atoms. The van der Waals surface area contributed by atoms with Crippen molar-refractivity contribution in [2.75, 3.05) is 20.8 Å². The van der Waals surface area contributed by atoms with Gasteiger partial charge < -0.3 is 14.8 Å². The summed E-state index contributed by atoms with van der Waals surface area (Å²) in [4.78, 5) is 12.9. The highest BCUT2D eigenvalue weighted by Gasteiger charge is 2.20. The number of benzene rings is 2. The molecule has 2 aromatic carbocycles. The van der Waals surface area contributed by atoms with Crippen LogP contribution in [0.25, 0.3) is 16.9 Å². The predicted octanol–water partition coefficient (Wildman–Crippen LogP) is 4.99. The second kappa shape index (κ2) is 9.67. The molecule has 1 aromatic heterocycles. The molecule has 7 heteroatoms. The monoisotopic (exact) mass is 427 g/mol. The first-order chi connectivity index (χ1) is 14.4. The summed E-state index contributed by atoms with van der Waals surface area (Å²) in [5.41, 5.74) is 2.50. The van der Waals surface area contributed by atoms with E-state index in [9.17, 15) is 4.79 Å². The number of aromatic nitrogens is 2. The Hall–Kier alpha value is -2.99. The number of ether oxygens (including phenoxy) is 2. The van der Waals surface area contributed by atoms with Gasteiger partial charge in [0.15, 0.2) is 0 Å². The van der Waals surface area contributed by atoms with E-state index in [0.29, 0.717) is 46.1 Å². The fourth-order valence-electron chi connectivity index (χ4n) is 3.05.